The standard InChI is InChI=1S/C14H22N4/c1-2-3-9-18-12(11-15)10-13(16)14(18)17-7-5-4-6-8-17/h10H,2-9,16H2,1H3. The summed E-state index contributed by atoms with van der Waals surface area (Å²) in [5.41, 5.74) is 7.56. The molecule has 4 heteroatoms. The van der Waals surface area contributed by atoms with Crippen molar-refractivity contribution in [3.8, 4) is 6.07 Å². The van der Waals surface area contributed by atoms with Gasteiger partial charge in [0.25, 0.3) is 0 Å². The Morgan fingerprint density at radius 3 is 2.67 bits per heavy atom. The number of hydrogen-bond acceptors (Lipinski definition) is 3. The molecule has 0 unspecified atom stereocenters. The second kappa shape index (κ2) is 5.81. The van der Waals surface area contributed by atoms with Crippen LogP contribution in [0.15, 0.2) is 6.07 Å². The number of nitriles is 1. The molecule has 1 aromatic heterocycles. The third-order valence-corrected chi connectivity index (χ3v) is 3.60. The lowest BCUT2D eigenvalue weighted by molar-refractivity contribution is 0.551. The van der Waals surface area contributed by atoms with Gasteiger partial charge in [0, 0.05) is 19.6 Å². The molecule has 2 N–H and O–H groups in total. The number of piperidine rings is 1. The van der Waals surface area contributed by atoms with Crippen LogP contribution in [0, 0.1) is 11.3 Å². The Bertz CT molecular complexity index is 435. The first-order valence-corrected chi connectivity index (χ1v) is 6.92. The maximum atomic E-state index is 9.21. The fourth-order valence-corrected chi connectivity index (χ4v) is 2.65. The summed E-state index contributed by atoms with van der Waals surface area (Å²) in [4.78, 5) is 2.34. The van der Waals surface area contributed by atoms with Crippen LogP contribution in [0.4, 0.5) is 11.5 Å². The molecule has 0 spiro atoms. The zero-order valence-electron chi connectivity index (χ0n) is 11.2. The molecule has 1 aliphatic heterocycles. The van der Waals surface area contributed by atoms with Gasteiger partial charge in [-0.2, -0.15) is 5.26 Å². The Morgan fingerprint density at radius 1 is 1.33 bits per heavy atom. The molecule has 0 aliphatic carbocycles. The molecule has 1 aromatic rings. The van der Waals surface area contributed by atoms with Crippen LogP contribution in [0.25, 0.3) is 0 Å². The summed E-state index contributed by atoms with van der Waals surface area (Å²) in [5, 5.41) is 9.21. The fraction of sp³-hybridized carbons (Fsp3) is 0.643. The first kappa shape index (κ1) is 12.8. The minimum atomic E-state index is 0.696. The molecule has 0 aromatic carbocycles. The molecular weight excluding hydrogens is 224 g/mol. The predicted octanol–water partition coefficient (Wildman–Crippen LogP) is 2.73. The fourth-order valence-electron chi connectivity index (χ4n) is 2.65. The third kappa shape index (κ3) is 2.45. The zero-order valence-corrected chi connectivity index (χ0v) is 11.2. The molecular formula is C14H22N4. The van der Waals surface area contributed by atoms with Crippen molar-refractivity contribution in [2.24, 2.45) is 0 Å². The number of unbranched alkanes of at least 4 members (excludes halogenated alkanes) is 1. The van der Waals surface area contributed by atoms with Gasteiger partial charge in [0.1, 0.15) is 17.6 Å². The van der Waals surface area contributed by atoms with Crippen molar-refractivity contribution in [3.05, 3.63) is 11.8 Å². The number of anilines is 2. The average molecular weight is 246 g/mol. The third-order valence-electron chi connectivity index (χ3n) is 3.60. The predicted molar refractivity (Wildman–Crippen MR) is 74.5 cm³/mol. The molecule has 0 bridgehead atoms. The van der Waals surface area contributed by atoms with Gasteiger partial charge in [-0.1, -0.05) is 13.3 Å². The van der Waals surface area contributed by atoms with E-state index in [4.69, 9.17) is 5.73 Å². The van der Waals surface area contributed by atoms with E-state index in [0.717, 1.165) is 44.0 Å². The maximum absolute atomic E-state index is 9.21. The van der Waals surface area contributed by atoms with Gasteiger partial charge in [0.2, 0.25) is 0 Å². The van der Waals surface area contributed by atoms with E-state index < -0.39 is 0 Å². The van der Waals surface area contributed by atoms with Crippen LogP contribution < -0.4 is 10.6 Å². The molecule has 0 atom stereocenters. The van der Waals surface area contributed by atoms with Crippen molar-refractivity contribution >= 4 is 11.5 Å². The topological polar surface area (TPSA) is 58.0 Å². The number of nitrogens with two attached hydrogens (primary N) is 1. The highest BCUT2D eigenvalue weighted by Gasteiger charge is 2.20. The van der Waals surface area contributed by atoms with E-state index in [1.165, 1.54) is 19.3 Å². The van der Waals surface area contributed by atoms with E-state index >= 15 is 0 Å². The summed E-state index contributed by atoms with van der Waals surface area (Å²) in [6.07, 6.45) is 5.96. The Morgan fingerprint density at radius 2 is 2.06 bits per heavy atom. The molecule has 1 saturated heterocycles. The summed E-state index contributed by atoms with van der Waals surface area (Å²) in [5.74, 6) is 1.07. The summed E-state index contributed by atoms with van der Waals surface area (Å²) in [6.45, 7) is 5.18. The highest BCUT2D eigenvalue weighted by molar-refractivity contribution is 5.68. The summed E-state index contributed by atoms with van der Waals surface area (Å²) < 4.78 is 2.10. The Balaban J connectivity index is 2.31. The van der Waals surface area contributed by atoms with Crippen molar-refractivity contribution < 1.29 is 0 Å². The van der Waals surface area contributed by atoms with Gasteiger partial charge in [0.05, 0.1) is 5.69 Å². The van der Waals surface area contributed by atoms with Crippen LogP contribution in [-0.4, -0.2) is 17.7 Å². The summed E-state index contributed by atoms with van der Waals surface area (Å²) in [7, 11) is 0. The molecule has 0 amide bonds. The van der Waals surface area contributed by atoms with Crippen molar-refractivity contribution in [1.82, 2.24) is 4.57 Å². The lowest BCUT2D eigenvalue weighted by Crippen LogP contribution is -2.32. The van der Waals surface area contributed by atoms with Gasteiger partial charge in [0.15, 0.2) is 0 Å². The highest BCUT2D eigenvalue weighted by Crippen LogP contribution is 2.30. The summed E-state index contributed by atoms with van der Waals surface area (Å²) in [6, 6.07) is 4.08. The molecule has 1 aliphatic rings. The van der Waals surface area contributed by atoms with E-state index in [0.29, 0.717) is 5.69 Å². The highest BCUT2D eigenvalue weighted by atomic mass is 15.3. The number of rotatable bonds is 4. The smallest absolute Gasteiger partial charge is 0.133 e. The van der Waals surface area contributed by atoms with Gasteiger partial charge < -0.3 is 15.2 Å². The monoisotopic (exact) mass is 246 g/mol. The van der Waals surface area contributed by atoms with Crippen LogP contribution in [0.5, 0.6) is 0 Å². The lowest BCUT2D eigenvalue weighted by Gasteiger charge is -2.30. The molecule has 2 rings (SSSR count). The molecule has 0 saturated carbocycles. The van der Waals surface area contributed by atoms with Crippen LogP contribution in [0.1, 0.15) is 44.7 Å². The number of nitrogen functional groups attached to an aromatic ring is 1. The molecule has 1 fully saturated rings. The second-order valence-corrected chi connectivity index (χ2v) is 4.97. The van der Waals surface area contributed by atoms with Crippen LogP contribution in [-0.2, 0) is 6.54 Å². The van der Waals surface area contributed by atoms with Gasteiger partial charge in [-0.05, 0) is 31.7 Å². The van der Waals surface area contributed by atoms with E-state index in [1.54, 1.807) is 0 Å². The largest absolute Gasteiger partial charge is 0.396 e. The molecule has 2 heterocycles. The van der Waals surface area contributed by atoms with Crippen molar-refractivity contribution in [3.63, 3.8) is 0 Å². The lowest BCUT2D eigenvalue weighted by atomic mass is 10.1. The number of aromatic nitrogens is 1. The molecule has 4 nitrogen and oxygen atoms in total. The van der Waals surface area contributed by atoms with Crippen molar-refractivity contribution in [2.45, 2.75) is 45.6 Å². The quantitative estimate of drug-likeness (QED) is 0.888. The second-order valence-electron chi connectivity index (χ2n) is 4.97. The van der Waals surface area contributed by atoms with Gasteiger partial charge in [-0.15, -0.1) is 0 Å². The SMILES string of the molecule is CCCCn1c(C#N)cc(N)c1N1CCCCC1. The van der Waals surface area contributed by atoms with E-state index in [1.807, 2.05) is 6.07 Å². The van der Waals surface area contributed by atoms with Crippen LogP contribution in [0.3, 0.4) is 0 Å². The Kier molecular flexibility index (Phi) is 4.14. The molecule has 0 radical (unpaired) electrons. The Labute approximate surface area is 109 Å². The van der Waals surface area contributed by atoms with E-state index in [9.17, 15) is 5.26 Å². The number of nitrogens with zero attached hydrogens (tertiary/aromatic N) is 3. The molecule has 18 heavy (non-hydrogen) atoms. The maximum Gasteiger partial charge on any atom is 0.133 e. The van der Waals surface area contributed by atoms with Crippen molar-refractivity contribution in [1.29, 1.82) is 5.26 Å². The minimum Gasteiger partial charge on any atom is -0.396 e. The average Bonchev–Trinajstić information content (AvgIpc) is 2.73. The zero-order chi connectivity index (χ0) is 13.0. The van der Waals surface area contributed by atoms with Gasteiger partial charge in [-0.25, -0.2) is 0 Å². The molecule has 98 valence electrons. The van der Waals surface area contributed by atoms with Crippen LogP contribution in [0.2, 0.25) is 0 Å². The van der Waals surface area contributed by atoms with E-state index in [-0.39, 0.29) is 0 Å². The van der Waals surface area contributed by atoms with Crippen LogP contribution >= 0.6 is 0 Å². The minimum absolute atomic E-state index is 0.696. The van der Waals surface area contributed by atoms with Crippen molar-refractivity contribution in [2.75, 3.05) is 23.7 Å². The van der Waals surface area contributed by atoms with Gasteiger partial charge in [-0.3, -0.25) is 0 Å². The Hall–Kier alpha value is -1.63. The van der Waals surface area contributed by atoms with Gasteiger partial charge >= 0.3 is 0 Å². The normalized spacial score (nSPS) is 15.7. The first-order chi connectivity index (χ1) is 8.77. The first-order valence-electron chi connectivity index (χ1n) is 6.92. The van der Waals surface area contributed by atoms with E-state index in [2.05, 4.69) is 22.5 Å². The number of hydrogen-bond donors (Lipinski definition) is 1. The summed E-state index contributed by atoms with van der Waals surface area (Å²) >= 11 is 0.